The highest BCUT2D eigenvalue weighted by atomic mass is 19.1. The van der Waals surface area contributed by atoms with Crippen molar-refractivity contribution in [2.45, 2.75) is 6.42 Å². The summed E-state index contributed by atoms with van der Waals surface area (Å²) in [6.45, 7) is 0.486. The van der Waals surface area contributed by atoms with Crippen LogP contribution in [-0.4, -0.2) is 42.3 Å². The number of aromatic nitrogens is 1. The fourth-order valence-corrected chi connectivity index (χ4v) is 2.40. The molecule has 0 aliphatic carbocycles. The van der Waals surface area contributed by atoms with Crippen LogP contribution in [0.4, 0.5) is 10.2 Å². The minimum atomic E-state index is -0.428. The number of benzene rings is 1. The Hall–Kier alpha value is -2.76. The first-order chi connectivity index (χ1) is 11.0. The van der Waals surface area contributed by atoms with E-state index in [-0.39, 0.29) is 5.91 Å². The van der Waals surface area contributed by atoms with Crippen molar-refractivity contribution in [1.29, 1.82) is 0 Å². The van der Waals surface area contributed by atoms with Gasteiger partial charge in [-0.3, -0.25) is 4.79 Å². The monoisotopic (exact) mass is 312 g/mol. The molecule has 2 heterocycles. The van der Waals surface area contributed by atoms with Crippen LogP contribution in [0.2, 0.25) is 0 Å². The molecule has 3 rings (SSSR count). The van der Waals surface area contributed by atoms with E-state index in [2.05, 4.69) is 10.1 Å². The number of pyridine rings is 1. The molecule has 1 aromatic carbocycles. The van der Waals surface area contributed by atoms with E-state index in [0.717, 1.165) is 17.1 Å². The van der Waals surface area contributed by atoms with Gasteiger partial charge in [-0.1, -0.05) is 6.07 Å². The molecule has 6 heteroatoms. The third kappa shape index (κ3) is 3.21. The van der Waals surface area contributed by atoms with Gasteiger partial charge in [0.1, 0.15) is 11.6 Å². The van der Waals surface area contributed by atoms with E-state index in [4.69, 9.17) is 0 Å². The molecule has 5 nitrogen and oxygen atoms in total. The smallest absolute Gasteiger partial charge is 0.274 e. The summed E-state index contributed by atoms with van der Waals surface area (Å²) in [6, 6.07) is 9.50. The van der Waals surface area contributed by atoms with Gasteiger partial charge in [-0.15, -0.1) is 0 Å². The molecule has 0 fully saturated rings. The third-order valence-corrected chi connectivity index (χ3v) is 3.65. The minimum Gasteiger partial charge on any atom is -0.363 e. The Balaban J connectivity index is 1.79. The standard InChI is InChI=1S/C17H17FN4O/c1-21(2)16-7-6-13(11-19-16)15-8-9-22(20-15)17(23)12-4-3-5-14(18)10-12/h3-7,10-11H,8-9H2,1-2H3. The lowest BCUT2D eigenvalue weighted by molar-refractivity contribution is 0.0778. The first-order valence-corrected chi connectivity index (χ1v) is 7.33. The van der Waals surface area contributed by atoms with Crippen molar-refractivity contribution < 1.29 is 9.18 Å². The van der Waals surface area contributed by atoms with Gasteiger partial charge in [-0.05, 0) is 30.3 Å². The molecule has 0 saturated carbocycles. The molecule has 0 saturated heterocycles. The maximum atomic E-state index is 13.2. The second-order valence-electron chi connectivity index (χ2n) is 5.53. The van der Waals surface area contributed by atoms with Crippen LogP contribution in [0.25, 0.3) is 0 Å². The van der Waals surface area contributed by atoms with Crippen molar-refractivity contribution in [2.75, 3.05) is 25.5 Å². The lowest BCUT2D eigenvalue weighted by atomic mass is 10.1. The highest BCUT2D eigenvalue weighted by molar-refractivity contribution is 6.04. The predicted molar refractivity (Wildman–Crippen MR) is 87.2 cm³/mol. The molecule has 2 aromatic rings. The van der Waals surface area contributed by atoms with E-state index in [1.807, 2.05) is 31.1 Å². The fraction of sp³-hybridized carbons (Fsp3) is 0.235. The SMILES string of the molecule is CN(C)c1ccc(C2=NN(C(=O)c3cccc(F)c3)CC2)cn1. The van der Waals surface area contributed by atoms with Crippen molar-refractivity contribution in [3.05, 3.63) is 59.5 Å². The number of halogens is 1. The largest absolute Gasteiger partial charge is 0.363 e. The number of amides is 1. The van der Waals surface area contributed by atoms with Crippen molar-refractivity contribution in [3.63, 3.8) is 0 Å². The summed E-state index contributed by atoms with van der Waals surface area (Å²) >= 11 is 0. The number of nitrogens with zero attached hydrogens (tertiary/aromatic N) is 4. The lowest BCUT2D eigenvalue weighted by Crippen LogP contribution is -2.23. The van der Waals surface area contributed by atoms with Crippen LogP contribution in [0, 0.1) is 5.82 Å². The second-order valence-corrected chi connectivity index (χ2v) is 5.53. The fourth-order valence-electron chi connectivity index (χ4n) is 2.40. The normalized spacial score (nSPS) is 13.9. The maximum absolute atomic E-state index is 13.2. The van der Waals surface area contributed by atoms with E-state index in [1.54, 1.807) is 12.3 Å². The topological polar surface area (TPSA) is 48.8 Å². The Bertz CT molecular complexity index is 755. The zero-order valence-corrected chi connectivity index (χ0v) is 13.0. The molecule has 0 bridgehead atoms. The number of hydrogen-bond acceptors (Lipinski definition) is 4. The molecular weight excluding hydrogens is 295 g/mol. The number of anilines is 1. The van der Waals surface area contributed by atoms with Crippen LogP contribution in [0.5, 0.6) is 0 Å². The van der Waals surface area contributed by atoms with Crippen LogP contribution in [0.3, 0.4) is 0 Å². The van der Waals surface area contributed by atoms with Crippen molar-refractivity contribution in [1.82, 2.24) is 9.99 Å². The summed E-state index contributed by atoms with van der Waals surface area (Å²) in [5.74, 6) is 0.139. The van der Waals surface area contributed by atoms with Crippen LogP contribution in [-0.2, 0) is 0 Å². The van der Waals surface area contributed by atoms with Crippen molar-refractivity contribution in [2.24, 2.45) is 5.10 Å². The number of carbonyl (C=O) groups excluding carboxylic acids is 1. The Morgan fingerprint density at radius 2 is 2.09 bits per heavy atom. The highest BCUT2D eigenvalue weighted by Crippen LogP contribution is 2.18. The third-order valence-electron chi connectivity index (χ3n) is 3.65. The van der Waals surface area contributed by atoms with Crippen LogP contribution in [0.15, 0.2) is 47.7 Å². The van der Waals surface area contributed by atoms with E-state index in [0.29, 0.717) is 18.5 Å². The maximum Gasteiger partial charge on any atom is 0.274 e. The van der Waals surface area contributed by atoms with E-state index in [9.17, 15) is 9.18 Å². The van der Waals surface area contributed by atoms with Gasteiger partial charge in [0, 0.05) is 37.8 Å². The number of rotatable bonds is 3. The van der Waals surface area contributed by atoms with Crippen LogP contribution in [0.1, 0.15) is 22.3 Å². The molecule has 1 amide bonds. The van der Waals surface area contributed by atoms with Gasteiger partial charge in [0.25, 0.3) is 5.91 Å². The zero-order chi connectivity index (χ0) is 16.4. The second kappa shape index (κ2) is 6.16. The molecule has 0 radical (unpaired) electrons. The summed E-state index contributed by atoms with van der Waals surface area (Å²) in [7, 11) is 3.85. The molecule has 0 unspecified atom stereocenters. The van der Waals surface area contributed by atoms with Crippen LogP contribution >= 0.6 is 0 Å². The molecule has 1 aromatic heterocycles. The Morgan fingerprint density at radius 3 is 2.74 bits per heavy atom. The van der Waals surface area contributed by atoms with E-state index >= 15 is 0 Å². The Kier molecular flexibility index (Phi) is 4.06. The lowest BCUT2D eigenvalue weighted by Gasteiger charge is -2.11. The molecule has 0 N–H and O–H groups in total. The van der Waals surface area contributed by atoms with E-state index in [1.165, 1.54) is 23.2 Å². The zero-order valence-electron chi connectivity index (χ0n) is 13.0. The van der Waals surface area contributed by atoms with Gasteiger partial charge in [0.05, 0.1) is 12.3 Å². The van der Waals surface area contributed by atoms with Gasteiger partial charge >= 0.3 is 0 Å². The first kappa shape index (κ1) is 15.1. The average Bonchev–Trinajstić information content (AvgIpc) is 3.04. The minimum absolute atomic E-state index is 0.294. The van der Waals surface area contributed by atoms with Gasteiger partial charge in [0.15, 0.2) is 0 Å². The molecule has 1 aliphatic heterocycles. The van der Waals surface area contributed by atoms with Crippen molar-refractivity contribution in [3.8, 4) is 0 Å². The Labute approximate surface area is 134 Å². The van der Waals surface area contributed by atoms with Crippen LogP contribution < -0.4 is 4.90 Å². The van der Waals surface area contributed by atoms with E-state index < -0.39 is 5.82 Å². The number of hydrazone groups is 1. The number of carbonyl (C=O) groups is 1. The first-order valence-electron chi connectivity index (χ1n) is 7.33. The summed E-state index contributed by atoms with van der Waals surface area (Å²) in [5.41, 5.74) is 2.01. The molecule has 0 spiro atoms. The quantitative estimate of drug-likeness (QED) is 0.875. The van der Waals surface area contributed by atoms with Gasteiger partial charge < -0.3 is 4.90 Å². The molecule has 0 atom stereocenters. The molecule has 23 heavy (non-hydrogen) atoms. The number of hydrogen-bond donors (Lipinski definition) is 0. The summed E-state index contributed by atoms with van der Waals surface area (Å²) in [5, 5.41) is 5.74. The van der Waals surface area contributed by atoms with Gasteiger partial charge in [-0.25, -0.2) is 14.4 Å². The molecular formula is C17H17FN4O. The van der Waals surface area contributed by atoms with Gasteiger partial charge in [0.2, 0.25) is 0 Å². The summed E-state index contributed by atoms with van der Waals surface area (Å²) in [6.07, 6.45) is 2.41. The summed E-state index contributed by atoms with van der Waals surface area (Å²) < 4.78 is 13.2. The van der Waals surface area contributed by atoms with Gasteiger partial charge in [-0.2, -0.15) is 5.10 Å². The molecule has 118 valence electrons. The predicted octanol–water partition coefficient (Wildman–Crippen LogP) is 2.54. The average molecular weight is 312 g/mol. The highest BCUT2D eigenvalue weighted by Gasteiger charge is 2.23. The summed E-state index contributed by atoms with van der Waals surface area (Å²) in [4.78, 5) is 18.6. The molecule has 1 aliphatic rings. The Morgan fingerprint density at radius 1 is 1.26 bits per heavy atom. The van der Waals surface area contributed by atoms with Crippen molar-refractivity contribution >= 4 is 17.4 Å².